The number of rotatable bonds is 2. The summed E-state index contributed by atoms with van der Waals surface area (Å²) in [5.74, 6) is 0. The minimum Gasteiger partial charge on any atom is -0.395 e. The molecule has 0 heterocycles. The van der Waals surface area contributed by atoms with Gasteiger partial charge in [-0.2, -0.15) is 5.26 Å². The predicted octanol–water partition coefficient (Wildman–Crippen LogP) is 0.0858. The molecule has 0 aromatic carbocycles. The van der Waals surface area contributed by atoms with Gasteiger partial charge in [-0.25, -0.2) is 8.42 Å². The van der Waals surface area contributed by atoms with E-state index in [9.17, 15) is 8.42 Å². The fraction of sp³-hybridized carbons (Fsp3) is 0.875. The largest absolute Gasteiger partial charge is 0.395 e. The Balaban J connectivity index is 2.81. The highest BCUT2D eigenvalue weighted by Crippen LogP contribution is 2.39. The number of hydrogen-bond acceptors (Lipinski definition) is 4. The lowest BCUT2D eigenvalue weighted by Gasteiger charge is -2.16. The van der Waals surface area contributed by atoms with E-state index in [1.807, 2.05) is 6.07 Å². The molecule has 0 spiro atoms. The SMILES string of the molecule is CS(=O)(=O)[C@H]1CC[C@@](C#N)(CO)C1. The maximum absolute atomic E-state index is 11.2. The molecule has 1 rings (SSSR count). The van der Waals surface area contributed by atoms with E-state index in [2.05, 4.69) is 0 Å². The Bertz CT molecular complexity index is 330. The molecule has 4 nitrogen and oxygen atoms in total. The standard InChI is InChI=1S/C8H13NO3S/c1-13(11,12)7-2-3-8(4-7,5-9)6-10/h7,10H,2-4,6H2,1H3/t7-,8+/m0/s1. The molecule has 13 heavy (non-hydrogen) atoms. The minimum absolute atomic E-state index is 0.241. The van der Waals surface area contributed by atoms with E-state index < -0.39 is 20.5 Å². The summed E-state index contributed by atoms with van der Waals surface area (Å²) in [5.41, 5.74) is -0.812. The zero-order valence-corrected chi connectivity index (χ0v) is 8.34. The van der Waals surface area contributed by atoms with Crippen LogP contribution in [0.25, 0.3) is 0 Å². The second-order valence-electron chi connectivity index (χ2n) is 3.74. The molecule has 0 aromatic rings. The lowest BCUT2D eigenvalue weighted by Crippen LogP contribution is -2.23. The van der Waals surface area contributed by atoms with Crippen LogP contribution in [0.15, 0.2) is 0 Å². The third-order valence-electron chi connectivity index (χ3n) is 2.71. The van der Waals surface area contributed by atoms with Crippen molar-refractivity contribution in [1.82, 2.24) is 0 Å². The Morgan fingerprint density at radius 2 is 2.31 bits per heavy atom. The molecule has 0 aromatic heterocycles. The van der Waals surface area contributed by atoms with E-state index in [4.69, 9.17) is 10.4 Å². The Morgan fingerprint density at radius 3 is 2.54 bits per heavy atom. The van der Waals surface area contributed by atoms with Crippen LogP contribution in [0.4, 0.5) is 0 Å². The molecule has 1 N–H and O–H groups in total. The van der Waals surface area contributed by atoms with Crippen LogP contribution in [-0.2, 0) is 9.84 Å². The monoisotopic (exact) mass is 203 g/mol. The Hall–Kier alpha value is -0.600. The molecule has 1 fully saturated rings. The van der Waals surface area contributed by atoms with Crippen LogP contribution in [0.5, 0.6) is 0 Å². The van der Waals surface area contributed by atoms with Crippen molar-refractivity contribution in [2.75, 3.05) is 12.9 Å². The number of nitriles is 1. The van der Waals surface area contributed by atoms with Gasteiger partial charge in [0, 0.05) is 6.26 Å². The quantitative estimate of drug-likeness (QED) is 0.689. The van der Waals surface area contributed by atoms with Crippen molar-refractivity contribution in [2.24, 2.45) is 5.41 Å². The van der Waals surface area contributed by atoms with Gasteiger partial charge in [0.15, 0.2) is 0 Å². The van der Waals surface area contributed by atoms with Crippen LogP contribution in [0.2, 0.25) is 0 Å². The summed E-state index contributed by atoms with van der Waals surface area (Å²) >= 11 is 0. The third-order valence-corrected chi connectivity index (χ3v) is 4.32. The lowest BCUT2D eigenvalue weighted by molar-refractivity contribution is 0.180. The summed E-state index contributed by atoms with van der Waals surface area (Å²) in [7, 11) is -3.06. The van der Waals surface area contributed by atoms with Gasteiger partial charge in [-0.15, -0.1) is 0 Å². The summed E-state index contributed by atoms with van der Waals surface area (Å²) in [4.78, 5) is 0. The Kier molecular flexibility index (Phi) is 2.64. The predicted molar refractivity (Wildman–Crippen MR) is 47.6 cm³/mol. The van der Waals surface area contributed by atoms with Crippen LogP contribution in [0, 0.1) is 16.7 Å². The van der Waals surface area contributed by atoms with E-state index in [1.165, 1.54) is 6.26 Å². The van der Waals surface area contributed by atoms with E-state index in [1.54, 1.807) is 0 Å². The summed E-state index contributed by atoms with van der Waals surface area (Å²) in [6.07, 6.45) is 2.44. The van der Waals surface area contributed by atoms with Gasteiger partial charge in [0.2, 0.25) is 0 Å². The number of hydrogen-bond donors (Lipinski definition) is 1. The first-order chi connectivity index (χ1) is 5.93. The van der Waals surface area contributed by atoms with Gasteiger partial charge in [0.05, 0.1) is 23.3 Å². The second-order valence-corrected chi connectivity index (χ2v) is 6.07. The van der Waals surface area contributed by atoms with E-state index in [0.29, 0.717) is 12.8 Å². The molecule has 0 saturated heterocycles. The highest BCUT2D eigenvalue weighted by molar-refractivity contribution is 7.91. The van der Waals surface area contributed by atoms with Gasteiger partial charge in [0.1, 0.15) is 9.84 Å². The van der Waals surface area contributed by atoms with Crippen molar-refractivity contribution in [1.29, 1.82) is 5.26 Å². The average Bonchev–Trinajstić information content (AvgIpc) is 2.48. The van der Waals surface area contributed by atoms with Gasteiger partial charge in [0.25, 0.3) is 0 Å². The molecule has 0 amide bonds. The molecule has 5 heteroatoms. The minimum atomic E-state index is -3.06. The molecule has 0 unspecified atom stereocenters. The molecule has 74 valence electrons. The van der Waals surface area contributed by atoms with Gasteiger partial charge in [-0.1, -0.05) is 0 Å². The number of nitrogens with zero attached hydrogens (tertiary/aromatic N) is 1. The molecular weight excluding hydrogens is 190 g/mol. The van der Waals surface area contributed by atoms with E-state index in [0.717, 1.165) is 0 Å². The first kappa shape index (κ1) is 10.5. The van der Waals surface area contributed by atoms with Crippen LogP contribution in [0.3, 0.4) is 0 Å². The molecule has 1 aliphatic carbocycles. The van der Waals surface area contributed by atoms with Crippen molar-refractivity contribution in [3.8, 4) is 6.07 Å². The molecular formula is C8H13NO3S. The molecule has 2 atom stereocenters. The van der Waals surface area contributed by atoms with Crippen molar-refractivity contribution in [2.45, 2.75) is 24.5 Å². The third kappa shape index (κ3) is 2.01. The van der Waals surface area contributed by atoms with Crippen LogP contribution in [0.1, 0.15) is 19.3 Å². The molecule has 1 aliphatic rings. The van der Waals surface area contributed by atoms with Crippen LogP contribution in [-0.4, -0.2) is 31.6 Å². The molecule has 0 radical (unpaired) electrons. The maximum Gasteiger partial charge on any atom is 0.150 e. The van der Waals surface area contributed by atoms with Gasteiger partial charge >= 0.3 is 0 Å². The summed E-state index contributed by atoms with van der Waals surface area (Å²) in [6, 6.07) is 2.01. The molecule has 1 saturated carbocycles. The van der Waals surface area contributed by atoms with Crippen molar-refractivity contribution < 1.29 is 13.5 Å². The van der Waals surface area contributed by atoms with Gasteiger partial charge < -0.3 is 5.11 Å². The fourth-order valence-electron chi connectivity index (χ4n) is 1.72. The first-order valence-electron chi connectivity index (χ1n) is 4.14. The zero-order valence-electron chi connectivity index (χ0n) is 7.52. The Labute approximate surface area is 78.1 Å². The zero-order chi connectivity index (χ0) is 10.1. The molecule has 0 aliphatic heterocycles. The summed E-state index contributed by atoms with van der Waals surface area (Å²) in [6.45, 7) is -0.241. The van der Waals surface area contributed by atoms with Gasteiger partial charge in [-0.05, 0) is 19.3 Å². The van der Waals surface area contributed by atoms with Crippen molar-refractivity contribution in [3.63, 3.8) is 0 Å². The highest BCUT2D eigenvalue weighted by atomic mass is 32.2. The van der Waals surface area contributed by atoms with E-state index >= 15 is 0 Å². The van der Waals surface area contributed by atoms with Crippen LogP contribution < -0.4 is 0 Å². The van der Waals surface area contributed by atoms with Gasteiger partial charge in [-0.3, -0.25) is 0 Å². The van der Waals surface area contributed by atoms with Crippen molar-refractivity contribution in [3.05, 3.63) is 0 Å². The maximum atomic E-state index is 11.2. The summed E-state index contributed by atoms with van der Waals surface area (Å²) < 4.78 is 22.3. The lowest BCUT2D eigenvalue weighted by atomic mass is 9.89. The highest BCUT2D eigenvalue weighted by Gasteiger charge is 2.42. The van der Waals surface area contributed by atoms with Crippen LogP contribution >= 0.6 is 0 Å². The van der Waals surface area contributed by atoms with Crippen molar-refractivity contribution >= 4 is 9.84 Å². The fourth-order valence-corrected chi connectivity index (χ4v) is 2.89. The summed E-state index contributed by atoms with van der Waals surface area (Å²) in [5, 5.41) is 17.3. The topological polar surface area (TPSA) is 78.2 Å². The van der Waals surface area contributed by atoms with E-state index in [-0.39, 0.29) is 13.0 Å². The number of aliphatic hydroxyl groups is 1. The smallest absolute Gasteiger partial charge is 0.150 e. The number of aliphatic hydroxyl groups excluding tert-OH is 1. The average molecular weight is 203 g/mol. The number of sulfone groups is 1. The normalized spacial score (nSPS) is 34.4. The Morgan fingerprint density at radius 1 is 1.69 bits per heavy atom. The second kappa shape index (κ2) is 3.28. The first-order valence-corrected chi connectivity index (χ1v) is 6.10. The molecule has 0 bridgehead atoms.